The van der Waals surface area contributed by atoms with Gasteiger partial charge in [-0.05, 0) is 48.0 Å². The Balaban J connectivity index is 1.63. The van der Waals surface area contributed by atoms with Gasteiger partial charge in [-0.15, -0.1) is 10.2 Å². The molecule has 4 rings (SSSR count). The van der Waals surface area contributed by atoms with Crippen LogP contribution in [0, 0.1) is 0 Å². The van der Waals surface area contributed by atoms with Gasteiger partial charge in [0.05, 0.1) is 11.2 Å². The number of halogens is 1. The van der Waals surface area contributed by atoms with Crippen LogP contribution in [0.2, 0.25) is 0 Å². The molecule has 2 heterocycles. The van der Waals surface area contributed by atoms with Gasteiger partial charge in [-0.1, -0.05) is 28.9 Å². The maximum atomic E-state index is 13.1. The molecule has 2 aromatic carbocycles. The molecule has 0 atom stereocenters. The van der Waals surface area contributed by atoms with E-state index in [4.69, 9.17) is 0 Å². The van der Waals surface area contributed by atoms with Gasteiger partial charge in [0.2, 0.25) is 11.7 Å². The zero-order valence-electron chi connectivity index (χ0n) is 16.9. The van der Waals surface area contributed by atoms with Crippen LogP contribution in [0.15, 0.2) is 46.9 Å². The fraction of sp³-hybridized carbons (Fsp3) is 0.190. The number of hydrogen-bond donors (Lipinski definition) is 3. The molecule has 4 aromatic rings. The lowest BCUT2D eigenvalue weighted by molar-refractivity contribution is -0.116. The predicted octanol–water partition coefficient (Wildman–Crippen LogP) is 4.11. The molecule has 0 unspecified atom stereocenters. The zero-order valence-corrected chi connectivity index (χ0v) is 18.5. The van der Waals surface area contributed by atoms with E-state index >= 15 is 0 Å². The number of nitrogens with zero attached hydrogens (tertiary/aromatic N) is 4. The van der Waals surface area contributed by atoms with Gasteiger partial charge in [0, 0.05) is 34.6 Å². The molecule has 3 N–H and O–H groups in total. The smallest absolute Gasteiger partial charge is 0.272 e. The number of hydrogen-bond acceptors (Lipinski definition) is 5. The monoisotopic (exact) mass is 481 g/mol. The quantitative estimate of drug-likeness (QED) is 0.382. The third kappa shape index (κ3) is 4.33. The number of aromatic nitrogens is 5. The number of H-pyrrole nitrogens is 1. The number of rotatable bonds is 6. The normalized spacial score (nSPS) is 10.9. The molecule has 10 heteroatoms. The summed E-state index contributed by atoms with van der Waals surface area (Å²) in [4.78, 5) is 25.0. The summed E-state index contributed by atoms with van der Waals surface area (Å²) >= 11 is 3.43. The summed E-state index contributed by atoms with van der Waals surface area (Å²) in [6.07, 6.45) is 1.25. The van der Waals surface area contributed by atoms with Crippen LogP contribution in [-0.4, -0.2) is 37.0 Å². The van der Waals surface area contributed by atoms with Gasteiger partial charge in [-0.2, -0.15) is 5.21 Å². The van der Waals surface area contributed by atoms with Crippen LogP contribution in [0.1, 0.15) is 30.3 Å². The highest BCUT2D eigenvalue weighted by Gasteiger charge is 2.17. The van der Waals surface area contributed by atoms with E-state index < -0.39 is 0 Å². The molecule has 0 aliphatic heterocycles. The van der Waals surface area contributed by atoms with Crippen molar-refractivity contribution in [2.24, 2.45) is 7.05 Å². The number of benzene rings is 2. The number of carbonyl (C=O) groups excluding carboxylic acids is 2. The molecular formula is C21H20BrN7O2. The molecule has 0 fully saturated rings. The predicted molar refractivity (Wildman–Crippen MR) is 122 cm³/mol. The Bertz CT molecular complexity index is 1260. The molecule has 9 nitrogen and oxygen atoms in total. The highest BCUT2D eigenvalue weighted by Crippen LogP contribution is 2.29. The molecular weight excluding hydrogens is 462 g/mol. The van der Waals surface area contributed by atoms with Gasteiger partial charge < -0.3 is 15.2 Å². The molecule has 0 spiro atoms. The van der Waals surface area contributed by atoms with Crippen LogP contribution in [-0.2, 0) is 11.8 Å². The molecule has 0 aliphatic carbocycles. The van der Waals surface area contributed by atoms with Crippen LogP contribution < -0.4 is 10.6 Å². The molecule has 158 valence electrons. The lowest BCUT2D eigenvalue weighted by atomic mass is 10.1. The Morgan fingerprint density at radius 3 is 2.71 bits per heavy atom. The van der Waals surface area contributed by atoms with Crippen molar-refractivity contribution in [3.63, 3.8) is 0 Å². The SMILES string of the molecule is CCCC(=O)Nc1ccc2cc(C(=O)Nc3ccc(Br)cc3-c3nn[nH]n3)n(C)c2c1. The Morgan fingerprint density at radius 1 is 1.13 bits per heavy atom. The minimum Gasteiger partial charge on any atom is -0.340 e. The molecule has 0 saturated carbocycles. The second-order valence-electron chi connectivity index (χ2n) is 7.04. The van der Waals surface area contributed by atoms with E-state index in [1.165, 1.54) is 0 Å². The second-order valence-corrected chi connectivity index (χ2v) is 7.96. The number of aryl methyl sites for hydroxylation is 1. The van der Waals surface area contributed by atoms with Crippen molar-refractivity contribution in [3.05, 3.63) is 52.6 Å². The standard InChI is InChI=1S/C21H20BrN7O2/c1-3-4-19(30)23-14-7-5-12-9-18(29(2)17(12)11-14)21(31)24-16-8-6-13(22)10-15(16)20-25-27-28-26-20/h5-11H,3-4H2,1-2H3,(H,23,30)(H,24,31)(H,25,26,27,28). The molecule has 2 amide bonds. The van der Waals surface area contributed by atoms with E-state index in [1.54, 1.807) is 10.6 Å². The van der Waals surface area contributed by atoms with Crippen LogP contribution in [0.3, 0.4) is 0 Å². The van der Waals surface area contributed by atoms with E-state index in [-0.39, 0.29) is 11.8 Å². The molecule has 0 radical (unpaired) electrons. The largest absolute Gasteiger partial charge is 0.340 e. The Labute approximate surface area is 186 Å². The number of carbonyl (C=O) groups is 2. The van der Waals surface area contributed by atoms with Crippen molar-refractivity contribution < 1.29 is 9.59 Å². The number of nitrogens with one attached hydrogen (secondary N) is 3. The minimum absolute atomic E-state index is 0.0294. The van der Waals surface area contributed by atoms with Gasteiger partial charge in [0.1, 0.15) is 5.69 Å². The first-order valence-electron chi connectivity index (χ1n) is 9.70. The first-order valence-corrected chi connectivity index (χ1v) is 10.5. The topological polar surface area (TPSA) is 118 Å². The Hall–Kier alpha value is -3.53. The summed E-state index contributed by atoms with van der Waals surface area (Å²) < 4.78 is 2.63. The highest BCUT2D eigenvalue weighted by atomic mass is 79.9. The van der Waals surface area contributed by atoms with E-state index in [0.29, 0.717) is 34.9 Å². The van der Waals surface area contributed by atoms with E-state index in [1.807, 2.05) is 50.4 Å². The van der Waals surface area contributed by atoms with E-state index in [9.17, 15) is 9.59 Å². The second kappa shape index (κ2) is 8.68. The highest BCUT2D eigenvalue weighted by molar-refractivity contribution is 9.10. The Morgan fingerprint density at radius 2 is 1.97 bits per heavy atom. The summed E-state index contributed by atoms with van der Waals surface area (Å²) in [7, 11) is 1.82. The van der Waals surface area contributed by atoms with Gasteiger partial charge in [-0.25, -0.2) is 0 Å². The van der Waals surface area contributed by atoms with Crippen molar-refractivity contribution in [2.45, 2.75) is 19.8 Å². The molecule has 31 heavy (non-hydrogen) atoms. The summed E-state index contributed by atoms with van der Waals surface area (Å²) in [5.41, 5.74) is 3.22. The number of anilines is 2. The fourth-order valence-electron chi connectivity index (χ4n) is 3.35. The summed E-state index contributed by atoms with van der Waals surface area (Å²) in [5, 5.41) is 20.8. The number of amides is 2. The van der Waals surface area contributed by atoms with Crippen molar-refractivity contribution >= 4 is 50.0 Å². The first-order chi connectivity index (χ1) is 15.0. The summed E-state index contributed by atoms with van der Waals surface area (Å²) in [5.74, 6) is 0.0710. The minimum atomic E-state index is -0.276. The number of aromatic amines is 1. The molecule has 0 bridgehead atoms. The van der Waals surface area contributed by atoms with Crippen molar-refractivity contribution in [1.82, 2.24) is 25.2 Å². The summed E-state index contributed by atoms with van der Waals surface area (Å²) in [6, 6.07) is 12.8. The number of tetrazole rings is 1. The lowest BCUT2D eigenvalue weighted by Gasteiger charge is -2.10. The lowest BCUT2D eigenvalue weighted by Crippen LogP contribution is -2.16. The van der Waals surface area contributed by atoms with Crippen LogP contribution >= 0.6 is 15.9 Å². The third-order valence-corrected chi connectivity index (χ3v) is 5.35. The first kappa shape index (κ1) is 20.7. The van der Waals surface area contributed by atoms with Gasteiger partial charge in [0.25, 0.3) is 5.91 Å². The van der Waals surface area contributed by atoms with Crippen molar-refractivity contribution in [2.75, 3.05) is 10.6 Å². The van der Waals surface area contributed by atoms with Crippen molar-refractivity contribution in [3.8, 4) is 11.4 Å². The maximum Gasteiger partial charge on any atom is 0.272 e. The molecule has 0 saturated heterocycles. The Kier molecular flexibility index (Phi) is 5.81. The summed E-state index contributed by atoms with van der Waals surface area (Å²) in [6.45, 7) is 1.96. The molecule has 0 aliphatic rings. The van der Waals surface area contributed by atoms with Gasteiger partial charge >= 0.3 is 0 Å². The van der Waals surface area contributed by atoms with Gasteiger partial charge in [-0.3, -0.25) is 9.59 Å². The zero-order chi connectivity index (χ0) is 22.0. The van der Waals surface area contributed by atoms with Gasteiger partial charge in [0.15, 0.2) is 0 Å². The van der Waals surface area contributed by atoms with Crippen LogP contribution in [0.5, 0.6) is 0 Å². The maximum absolute atomic E-state index is 13.1. The van der Waals surface area contributed by atoms with Crippen molar-refractivity contribution in [1.29, 1.82) is 0 Å². The number of fused-ring (bicyclic) bond motifs is 1. The third-order valence-electron chi connectivity index (χ3n) is 4.85. The average molecular weight is 482 g/mol. The van der Waals surface area contributed by atoms with Crippen LogP contribution in [0.4, 0.5) is 11.4 Å². The van der Waals surface area contributed by atoms with E-state index in [2.05, 4.69) is 47.2 Å². The molecule has 2 aromatic heterocycles. The van der Waals surface area contributed by atoms with E-state index in [0.717, 1.165) is 21.8 Å². The fourth-order valence-corrected chi connectivity index (χ4v) is 3.71. The van der Waals surface area contributed by atoms with Crippen LogP contribution in [0.25, 0.3) is 22.3 Å². The average Bonchev–Trinajstić information content (AvgIpc) is 3.38.